The lowest BCUT2D eigenvalue weighted by Gasteiger charge is -2.08. The van der Waals surface area contributed by atoms with Crippen molar-refractivity contribution in [1.82, 2.24) is 9.97 Å². The van der Waals surface area contributed by atoms with Crippen molar-refractivity contribution >= 4 is 44.9 Å². The highest BCUT2D eigenvalue weighted by atomic mass is 32.2. The summed E-state index contributed by atoms with van der Waals surface area (Å²) in [5.74, 6) is 1.80. The number of hydrogen-bond donors (Lipinski definition) is 2. The van der Waals surface area contributed by atoms with Gasteiger partial charge in [-0.2, -0.15) is 0 Å². The molecule has 2 N–H and O–H groups in total. The standard InChI is InChI=1S/C29H25N3O3S2/c1-18(2)19-8-10-20(11-9-19)24-16-36-28-26(24)27(34)31-29(32-28)37-17-25(33)30-21-12-14-23(15-13-21)35-22-6-4-3-5-7-22/h3-16,18H,17H2,1-2H3,(H,30,33)(H,31,32,34). The second-order valence-electron chi connectivity index (χ2n) is 8.75. The number of aromatic nitrogens is 2. The van der Waals surface area contributed by atoms with E-state index in [9.17, 15) is 9.59 Å². The normalized spacial score (nSPS) is 11.1. The van der Waals surface area contributed by atoms with E-state index in [1.165, 1.54) is 28.7 Å². The van der Waals surface area contributed by atoms with E-state index in [2.05, 4.69) is 41.3 Å². The van der Waals surface area contributed by atoms with Crippen LogP contribution in [0.3, 0.4) is 0 Å². The van der Waals surface area contributed by atoms with E-state index >= 15 is 0 Å². The number of ether oxygens (including phenoxy) is 1. The molecule has 0 unspecified atom stereocenters. The van der Waals surface area contributed by atoms with E-state index in [1.54, 1.807) is 24.3 Å². The molecular weight excluding hydrogens is 502 g/mol. The van der Waals surface area contributed by atoms with Gasteiger partial charge in [0.1, 0.15) is 16.3 Å². The Balaban J connectivity index is 1.22. The zero-order valence-electron chi connectivity index (χ0n) is 20.4. The number of carbonyl (C=O) groups is 1. The molecule has 3 aromatic carbocycles. The number of carbonyl (C=O) groups excluding carboxylic acids is 1. The van der Waals surface area contributed by atoms with E-state index in [1.807, 2.05) is 47.8 Å². The minimum Gasteiger partial charge on any atom is -0.457 e. The first kappa shape index (κ1) is 24.8. The molecule has 0 atom stereocenters. The van der Waals surface area contributed by atoms with Gasteiger partial charge in [-0.05, 0) is 53.4 Å². The lowest BCUT2D eigenvalue weighted by molar-refractivity contribution is -0.113. The predicted octanol–water partition coefficient (Wildman–Crippen LogP) is 7.30. The Hall–Kier alpha value is -3.88. The van der Waals surface area contributed by atoms with Gasteiger partial charge in [0.2, 0.25) is 5.91 Å². The third-order valence-electron chi connectivity index (χ3n) is 5.77. The highest BCUT2D eigenvalue weighted by molar-refractivity contribution is 7.99. The zero-order valence-corrected chi connectivity index (χ0v) is 22.0. The first-order valence-corrected chi connectivity index (χ1v) is 13.7. The maximum Gasteiger partial charge on any atom is 0.260 e. The number of H-pyrrole nitrogens is 1. The summed E-state index contributed by atoms with van der Waals surface area (Å²) >= 11 is 2.62. The van der Waals surface area contributed by atoms with E-state index in [4.69, 9.17) is 4.74 Å². The van der Waals surface area contributed by atoms with Gasteiger partial charge >= 0.3 is 0 Å². The van der Waals surface area contributed by atoms with Crippen LogP contribution in [0.5, 0.6) is 11.5 Å². The number of fused-ring (bicyclic) bond motifs is 1. The molecule has 0 aliphatic rings. The van der Waals surface area contributed by atoms with Gasteiger partial charge in [-0.1, -0.05) is 68.1 Å². The van der Waals surface area contributed by atoms with Gasteiger partial charge < -0.3 is 15.0 Å². The Morgan fingerprint density at radius 3 is 2.41 bits per heavy atom. The van der Waals surface area contributed by atoms with Gasteiger partial charge in [0.15, 0.2) is 5.16 Å². The van der Waals surface area contributed by atoms with Crippen molar-refractivity contribution in [3.8, 4) is 22.6 Å². The summed E-state index contributed by atoms with van der Waals surface area (Å²) < 4.78 is 5.78. The van der Waals surface area contributed by atoms with Crippen molar-refractivity contribution in [1.29, 1.82) is 0 Å². The molecule has 0 radical (unpaired) electrons. The van der Waals surface area contributed by atoms with Crippen LogP contribution in [-0.2, 0) is 4.79 Å². The quantitative estimate of drug-likeness (QED) is 0.163. The molecule has 1 amide bonds. The molecule has 2 heterocycles. The Morgan fingerprint density at radius 2 is 1.70 bits per heavy atom. The maximum absolute atomic E-state index is 12.9. The fraction of sp³-hybridized carbons (Fsp3) is 0.138. The molecule has 6 nitrogen and oxygen atoms in total. The van der Waals surface area contributed by atoms with Crippen LogP contribution in [0.1, 0.15) is 25.3 Å². The minimum absolute atomic E-state index is 0.117. The van der Waals surface area contributed by atoms with Gasteiger partial charge in [-0.15, -0.1) is 11.3 Å². The molecule has 0 saturated heterocycles. The molecule has 0 fully saturated rings. The van der Waals surface area contributed by atoms with Crippen molar-refractivity contribution < 1.29 is 9.53 Å². The number of nitrogens with zero attached hydrogens (tertiary/aromatic N) is 1. The number of hydrogen-bond acceptors (Lipinski definition) is 6. The number of amides is 1. The number of thiophene rings is 1. The highest BCUT2D eigenvalue weighted by Gasteiger charge is 2.14. The van der Waals surface area contributed by atoms with Gasteiger partial charge in [-0.25, -0.2) is 4.98 Å². The third-order valence-corrected chi connectivity index (χ3v) is 7.51. The van der Waals surface area contributed by atoms with Crippen molar-refractivity contribution in [2.24, 2.45) is 0 Å². The molecule has 37 heavy (non-hydrogen) atoms. The Kier molecular flexibility index (Phi) is 7.39. The summed E-state index contributed by atoms with van der Waals surface area (Å²) in [5.41, 5.74) is 3.57. The van der Waals surface area contributed by atoms with Crippen LogP contribution in [0.25, 0.3) is 21.3 Å². The van der Waals surface area contributed by atoms with Gasteiger partial charge in [-0.3, -0.25) is 9.59 Å². The topological polar surface area (TPSA) is 84.1 Å². The van der Waals surface area contributed by atoms with Gasteiger partial charge in [0.25, 0.3) is 5.56 Å². The zero-order chi connectivity index (χ0) is 25.8. The fourth-order valence-electron chi connectivity index (χ4n) is 3.82. The lowest BCUT2D eigenvalue weighted by Crippen LogP contribution is -2.15. The average Bonchev–Trinajstić information content (AvgIpc) is 3.34. The van der Waals surface area contributed by atoms with Crippen molar-refractivity contribution in [2.45, 2.75) is 24.9 Å². The van der Waals surface area contributed by atoms with Gasteiger partial charge in [0.05, 0.1) is 11.1 Å². The van der Waals surface area contributed by atoms with E-state index < -0.39 is 0 Å². The second kappa shape index (κ2) is 11.0. The number of para-hydroxylation sites is 1. The van der Waals surface area contributed by atoms with Crippen molar-refractivity contribution in [3.63, 3.8) is 0 Å². The monoisotopic (exact) mass is 527 g/mol. The van der Waals surface area contributed by atoms with E-state index in [0.29, 0.717) is 32.7 Å². The first-order valence-electron chi connectivity index (χ1n) is 11.8. The number of aromatic amines is 1. The summed E-state index contributed by atoms with van der Waals surface area (Å²) in [5, 5.41) is 5.82. The number of anilines is 1. The molecule has 8 heteroatoms. The summed E-state index contributed by atoms with van der Waals surface area (Å²) in [7, 11) is 0. The number of nitrogens with one attached hydrogen (secondary N) is 2. The van der Waals surface area contributed by atoms with E-state index in [0.717, 1.165) is 16.9 Å². The summed E-state index contributed by atoms with van der Waals surface area (Å²) in [4.78, 5) is 33.5. The molecular formula is C29H25N3O3S2. The second-order valence-corrected chi connectivity index (χ2v) is 10.6. The van der Waals surface area contributed by atoms with E-state index in [-0.39, 0.29) is 17.2 Å². The van der Waals surface area contributed by atoms with Gasteiger partial charge in [0, 0.05) is 16.6 Å². The van der Waals surface area contributed by atoms with Crippen LogP contribution >= 0.6 is 23.1 Å². The van der Waals surface area contributed by atoms with Crippen LogP contribution in [-0.4, -0.2) is 21.6 Å². The molecule has 2 aromatic heterocycles. The number of thioether (sulfide) groups is 1. The predicted molar refractivity (Wildman–Crippen MR) is 152 cm³/mol. The molecule has 0 aliphatic heterocycles. The first-order chi connectivity index (χ1) is 18.0. The summed E-state index contributed by atoms with van der Waals surface area (Å²) in [6, 6.07) is 24.9. The average molecular weight is 528 g/mol. The van der Waals surface area contributed by atoms with Crippen LogP contribution in [0.4, 0.5) is 5.69 Å². The maximum atomic E-state index is 12.9. The molecule has 0 spiro atoms. The van der Waals surface area contributed by atoms with Crippen molar-refractivity contribution in [3.05, 3.63) is 100 Å². The Labute approximate surface area is 222 Å². The molecule has 0 saturated carbocycles. The minimum atomic E-state index is -0.203. The Bertz CT molecular complexity index is 1580. The van der Waals surface area contributed by atoms with Crippen molar-refractivity contribution in [2.75, 3.05) is 11.1 Å². The number of rotatable bonds is 8. The van der Waals surface area contributed by atoms with Crippen LogP contribution in [0, 0.1) is 0 Å². The molecule has 186 valence electrons. The molecule has 5 aromatic rings. The molecule has 0 bridgehead atoms. The fourth-order valence-corrected chi connectivity index (χ4v) is 5.49. The van der Waals surface area contributed by atoms with Crippen LogP contribution in [0.15, 0.2) is 94.2 Å². The summed E-state index contributed by atoms with van der Waals surface area (Å²) in [6.45, 7) is 4.31. The smallest absolute Gasteiger partial charge is 0.260 e. The largest absolute Gasteiger partial charge is 0.457 e. The van der Waals surface area contributed by atoms with Crippen LogP contribution in [0.2, 0.25) is 0 Å². The number of benzene rings is 3. The SMILES string of the molecule is CC(C)c1ccc(-c2csc3nc(SCC(=O)Nc4ccc(Oc5ccccc5)cc4)[nH]c(=O)c23)cc1. The molecule has 0 aliphatic carbocycles. The molecule has 5 rings (SSSR count). The summed E-state index contributed by atoms with van der Waals surface area (Å²) in [6.07, 6.45) is 0. The highest BCUT2D eigenvalue weighted by Crippen LogP contribution is 2.32. The lowest BCUT2D eigenvalue weighted by atomic mass is 9.99. The van der Waals surface area contributed by atoms with Crippen LogP contribution < -0.4 is 15.6 Å². The third kappa shape index (κ3) is 5.93. The Morgan fingerprint density at radius 1 is 1.00 bits per heavy atom.